The Morgan fingerprint density at radius 3 is 2.30 bits per heavy atom. The Labute approximate surface area is 129 Å². The quantitative estimate of drug-likeness (QED) is 0.759. The molecule has 0 unspecified atom stereocenters. The number of sulfonamides is 1. The zero-order valence-electron chi connectivity index (χ0n) is 11.9. The average Bonchev–Trinajstić information content (AvgIpc) is 2.33. The van der Waals surface area contributed by atoms with Gasteiger partial charge in [0.25, 0.3) is 0 Å². The molecule has 1 aromatic rings. The van der Waals surface area contributed by atoms with Gasteiger partial charge >= 0.3 is 12.3 Å². The van der Waals surface area contributed by atoms with E-state index in [0.29, 0.717) is 12.1 Å². The molecule has 2 N–H and O–H groups in total. The molecule has 6 nitrogen and oxygen atoms in total. The second-order valence-corrected chi connectivity index (χ2v) is 6.45. The lowest BCUT2D eigenvalue weighted by Crippen LogP contribution is -2.44. The highest BCUT2D eigenvalue weighted by atomic mass is 32.2. The van der Waals surface area contributed by atoms with Crippen molar-refractivity contribution in [2.24, 2.45) is 5.92 Å². The van der Waals surface area contributed by atoms with Crippen LogP contribution < -0.4 is 9.46 Å². The van der Waals surface area contributed by atoms with Gasteiger partial charge in [0.15, 0.2) is 10.6 Å². The first-order valence-corrected chi connectivity index (χ1v) is 7.63. The van der Waals surface area contributed by atoms with Crippen LogP contribution >= 0.6 is 0 Å². The monoisotopic (exact) mass is 359 g/mol. The van der Waals surface area contributed by atoms with Crippen molar-refractivity contribution in [2.75, 3.05) is 0 Å². The molecule has 1 rings (SSSR count). The van der Waals surface area contributed by atoms with E-state index in [1.165, 1.54) is 13.8 Å². The van der Waals surface area contributed by atoms with Crippen LogP contribution in [0.2, 0.25) is 0 Å². The number of carbonyl (C=O) groups is 1. The van der Waals surface area contributed by atoms with E-state index in [1.54, 1.807) is 4.72 Å². The van der Waals surface area contributed by atoms with Gasteiger partial charge in [-0.25, -0.2) is 12.8 Å². The van der Waals surface area contributed by atoms with Gasteiger partial charge in [0, 0.05) is 0 Å². The standard InChI is InChI=1S/C12H13F4NO5S/c1-6(2)9(11(18)19)17-23(20,21)10-7(13)4-3-5-8(10)22-12(14,15)16/h3-6,9,17H,1-2H3,(H,18,19)/t9-/m0/s1. The van der Waals surface area contributed by atoms with Gasteiger partial charge in [-0.2, -0.15) is 4.72 Å². The van der Waals surface area contributed by atoms with Gasteiger partial charge in [-0.15, -0.1) is 13.2 Å². The predicted molar refractivity (Wildman–Crippen MR) is 69.7 cm³/mol. The van der Waals surface area contributed by atoms with Crippen molar-refractivity contribution in [3.05, 3.63) is 24.0 Å². The molecule has 0 radical (unpaired) electrons. The van der Waals surface area contributed by atoms with Gasteiger partial charge in [0.1, 0.15) is 11.9 Å². The van der Waals surface area contributed by atoms with Crippen molar-refractivity contribution in [2.45, 2.75) is 31.1 Å². The van der Waals surface area contributed by atoms with Crippen LogP contribution in [0.3, 0.4) is 0 Å². The molecule has 0 fully saturated rings. The van der Waals surface area contributed by atoms with E-state index in [0.717, 1.165) is 6.07 Å². The van der Waals surface area contributed by atoms with E-state index in [-0.39, 0.29) is 0 Å². The molecular weight excluding hydrogens is 346 g/mol. The molecule has 1 aromatic carbocycles. The van der Waals surface area contributed by atoms with Crippen LogP contribution in [-0.4, -0.2) is 31.9 Å². The first-order valence-electron chi connectivity index (χ1n) is 6.14. The number of alkyl halides is 3. The molecule has 0 aliphatic carbocycles. The number of aliphatic carboxylic acids is 1. The lowest BCUT2D eigenvalue weighted by Gasteiger charge is -2.20. The topological polar surface area (TPSA) is 92.7 Å². The molecule has 0 aromatic heterocycles. The molecular formula is C12H13F4NO5S. The number of rotatable bonds is 6. The number of benzene rings is 1. The molecule has 130 valence electrons. The lowest BCUT2D eigenvalue weighted by molar-refractivity contribution is -0.275. The minimum absolute atomic E-state index is 0.607. The second-order valence-electron chi connectivity index (χ2n) is 4.80. The number of hydrogen-bond donors (Lipinski definition) is 2. The first kappa shape index (κ1) is 19.2. The fourth-order valence-electron chi connectivity index (χ4n) is 1.65. The summed E-state index contributed by atoms with van der Waals surface area (Å²) >= 11 is 0. The van der Waals surface area contributed by atoms with Gasteiger partial charge < -0.3 is 9.84 Å². The Morgan fingerprint density at radius 2 is 1.87 bits per heavy atom. The summed E-state index contributed by atoms with van der Waals surface area (Å²) in [6.07, 6.45) is -5.25. The first-order chi connectivity index (χ1) is 10.3. The molecule has 0 saturated carbocycles. The van der Waals surface area contributed by atoms with Crippen molar-refractivity contribution >= 4 is 16.0 Å². The Morgan fingerprint density at radius 1 is 1.30 bits per heavy atom. The lowest BCUT2D eigenvalue weighted by atomic mass is 10.1. The Bertz CT molecular complexity index is 687. The fourth-order valence-corrected chi connectivity index (χ4v) is 3.18. The van der Waals surface area contributed by atoms with Crippen LogP contribution in [0.15, 0.2) is 23.1 Å². The SMILES string of the molecule is CC(C)[C@H](NS(=O)(=O)c1c(F)cccc1OC(F)(F)F)C(=O)O. The van der Waals surface area contributed by atoms with Crippen molar-refractivity contribution in [1.82, 2.24) is 4.72 Å². The molecule has 11 heteroatoms. The summed E-state index contributed by atoms with van der Waals surface area (Å²) in [6.45, 7) is 2.74. The Balaban J connectivity index is 3.35. The fraction of sp³-hybridized carbons (Fsp3) is 0.417. The summed E-state index contributed by atoms with van der Waals surface area (Å²) in [5, 5.41) is 8.95. The molecule has 23 heavy (non-hydrogen) atoms. The summed E-state index contributed by atoms with van der Waals surface area (Å²) in [5.41, 5.74) is 0. The van der Waals surface area contributed by atoms with Gasteiger partial charge in [-0.1, -0.05) is 19.9 Å². The van der Waals surface area contributed by atoms with Crippen molar-refractivity contribution < 1.29 is 40.6 Å². The molecule has 0 saturated heterocycles. The molecule has 0 aliphatic rings. The van der Waals surface area contributed by atoms with Crippen LogP contribution in [0.4, 0.5) is 17.6 Å². The van der Waals surface area contributed by atoms with Crippen LogP contribution in [0.25, 0.3) is 0 Å². The summed E-state index contributed by atoms with van der Waals surface area (Å²) in [7, 11) is -4.91. The van der Waals surface area contributed by atoms with E-state index in [1.807, 2.05) is 0 Å². The molecule has 1 atom stereocenters. The Kier molecular flexibility index (Phi) is 5.59. The summed E-state index contributed by atoms with van der Waals surface area (Å²) in [5.74, 6) is -5.09. The molecule has 0 heterocycles. The summed E-state index contributed by atoms with van der Waals surface area (Å²) in [4.78, 5) is 9.60. The van der Waals surface area contributed by atoms with E-state index >= 15 is 0 Å². The van der Waals surface area contributed by atoms with Gasteiger partial charge in [0.05, 0.1) is 0 Å². The maximum atomic E-state index is 13.8. The highest BCUT2D eigenvalue weighted by Crippen LogP contribution is 2.31. The molecule has 0 amide bonds. The van der Waals surface area contributed by atoms with Crippen LogP contribution in [-0.2, 0) is 14.8 Å². The number of nitrogens with one attached hydrogen (secondary N) is 1. The normalized spacial score (nSPS) is 13.9. The minimum Gasteiger partial charge on any atom is -0.480 e. The van der Waals surface area contributed by atoms with E-state index in [9.17, 15) is 30.8 Å². The summed E-state index contributed by atoms with van der Waals surface area (Å²) in [6, 6.07) is 0.393. The van der Waals surface area contributed by atoms with Crippen molar-refractivity contribution in [1.29, 1.82) is 0 Å². The van der Waals surface area contributed by atoms with E-state index < -0.39 is 50.8 Å². The maximum Gasteiger partial charge on any atom is 0.573 e. The predicted octanol–water partition coefficient (Wildman–Crippen LogP) is 2.11. The molecule has 0 aliphatic heterocycles. The number of ether oxygens (including phenoxy) is 1. The highest BCUT2D eigenvalue weighted by Gasteiger charge is 2.37. The molecule has 0 spiro atoms. The largest absolute Gasteiger partial charge is 0.573 e. The zero-order valence-corrected chi connectivity index (χ0v) is 12.7. The third-order valence-corrected chi connectivity index (χ3v) is 4.14. The minimum atomic E-state index is -5.25. The number of halogens is 4. The summed E-state index contributed by atoms with van der Waals surface area (Å²) < 4.78 is 80.1. The number of carboxylic acids is 1. The van der Waals surface area contributed by atoms with Crippen LogP contribution in [0, 0.1) is 11.7 Å². The highest BCUT2D eigenvalue weighted by molar-refractivity contribution is 7.89. The number of hydrogen-bond acceptors (Lipinski definition) is 4. The smallest absolute Gasteiger partial charge is 0.480 e. The van der Waals surface area contributed by atoms with E-state index in [2.05, 4.69) is 4.74 Å². The van der Waals surface area contributed by atoms with Crippen molar-refractivity contribution in [3.8, 4) is 5.75 Å². The number of carboxylic acid groups (broad SMARTS) is 1. The van der Waals surface area contributed by atoms with Crippen LogP contribution in [0.1, 0.15) is 13.8 Å². The van der Waals surface area contributed by atoms with Gasteiger partial charge in [0.2, 0.25) is 10.0 Å². The maximum absolute atomic E-state index is 13.8. The Hall–Kier alpha value is -1.88. The second kappa shape index (κ2) is 6.71. The zero-order chi connectivity index (χ0) is 18.0. The van der Waals surface area contributed by atoms with Gasteiger partial charge in [-0.3, -0.25) is 4.79 Å². The van der Waals surface area contributed by atoms with Gasteiger partial charge in [-0.05, 0) is 18.1 Å². The van der Waals surface area contributed by atoms with Crippen molar-refractivity contribution in [3.63, 3.8) is 0 Å². The van der Waals surface area contributed by atoms with E-state index in [4.69, 9.17) is 5.11 Å². The third kappa shape index (κ3) is 5.06. The molecule has 0 bridgehead atoms. The van der Waals surface area contributed by atoms with Crippen LogP contribution in [0.5, 0.6) is 5.75 Å². The average molecular weight is 359 g/mol. The third-order valence-electron chi connectivity index (χ3n) is 2.64.